The van der Waals surface area contributed by atoms with Gasteiger partial charge in [-0.3, -0.25) is 0 Å². The highest BCUT2D eigenvalue weighted by molar-refractivity contribution is 8.43. The maximum absolute atomic E-state index is 5.65. The molecule has 4 rings (SSSR count). The fraction of sp³-hybridized carbons (Fsp3) is 0.417. The molecule has 0 amide bonds. The van der Waals surface area contributed by atoms with Crippen molar-refractivity contribution in [2.45, 2.75) is 13.0 Å². The molecular formula is C12H11NOS6. The quantitative estimate of drug-likeness (QED) is 0.607. The summed E-state index contributed by atoms with van der Waals surface area (Å²) in [6, 6.07) is 0.296. The fourth-order valence-corrected chi connectivity index (χ4v) is 10.3. The lowest BCUT2D eigenvalue weighted by molar-refractivity contribution is 0.325. The van der Waals surface area contributed by atoms with Gasteiger partial charge in [0.25, 0.3) is 0 Å². The van der Waals surface area contributed by atoms with Crippen molar-refractivity contribution >= 4 is 76.5 Å². The smallest absolute Gasteiger partial charge is 0.224 e. The van der Waals surface area contributed by atoms with E-state index in [2.05, 4.69) is 17.3 Å². The third kappa shape index (κ3) is 2.84. The summed E-state index contributed by atoms with van der Waals surface area (Å²) < 4.78 is 11.5. The topological polar surface area (TPSA) is 21.6 Å². The van der Waals surface area contributed by atoms with Gasteiger partial charge in [-0.05, 0) is 12.3 Å². The third-order valence-electron chi connectivity index (χ3n) is 2.74. The zero-order valence-corrected chi connectivity index (χ0v) is 15.5. The Morgan fingerprint density at radius 3 is 2.45 bits per heavy atom. The van der Waals surface area contributed by atoms with Gasteiger partial charge in [0, 0.05) is 11.5 Å². The molecule has 0 bridgehead atoms. The minimum atomic E-state index is 0.296. The molecule has 0 N–H and O–H groups in total. The molecule has 2 nitrogen and oxygen atoms in total. The van der Waals surface area contributed by atoms with E-state index in [4.69, 9.17) is 4.74 Å². The van der Waals surface area contributed by atoms with Crippen molar-refractivity contribution in [2.24, 2.45) is 4.99 Å². The molecule has 0 fully saturated rings. The number of thioether (sulfide) groups is 6. The molecule has 0 saturated heterocycles. The zero-order valence-electron chi connectivity index (χ0n) is 10.6. The van der Waals surface area contributed by atoms with Gasteiger partial charge in [-0.15, -0.1) is 23.5 Å². The summed E-state index contributed by atoms with van der Waals surface area (Å²) >= 11 is 11.5. The molecule has 0 unspecified atom stereocenters. The molecule has 0 spiro atoms. The summed E-state index contributed by atoms with van der Waals surface area (Å²) in [5.74, 6) is 3.32. The first-order valence-electron chi connectivity index (χ1n) is 6.15. The Bertz CT molecular complexity index is 558. The van der Waals surface area contributed by atoms with E-state index in [0.717, 1.165) is 12.5 Å². The lowest BCUT2D eigenvalue weighted by Gasteiger charge is -2.08. The van der Waals surface area contributed by atoms with E-state index < -0.39 is 0 Å². The molecule has 0 saturated carbocycles. The second-order valence-corrected chi connectivity index (χ2v) is 11.6. The van der Waals surface area contributed by atoms with Gasteiger partial charge in [0.1, 0.15) is 6.61 Å². The summed E-state index contributed by atoms with van der Waals surface area (Å²) in [6.07, 6.45) is 0. The number of hydrogen-bond donors (Lipinski definition) is 0. The number of rotatable bonds is 1. The molecule has 20 heavy (non-hydrogen) atoms. The Kier molecular flexibility index (Phi) is 4.40. The van der Waals surface area contributed by atoms with Crippen LogP contribution in [0.5, 0.6) is 0 Å². The molecule has 106 valence electrons. The monoisotopic (exact) mass is 377 g/mol. The van der Waals surface area contributed by atoms with Crippen molar-refractivity contribution in [3.63, 3.8) is 0 Å². The molecule has 0 aliphatic carbocycles. The van der Waals surface area contributed by atoms with Crippen LogP contribution in [0.4, 0.5) is 0 Å². The van der Waals surface area contributed by atoms with Gasteiger partial charge in [0.2, 0.25) is 5.90 Å². The highest BCUT2D eigenvalue weighted by Gasteiger charge is 2.31. The van der Waals surface area contributed by atoms with Crippen molar-refractivity contribution in [1.82, 2.24) is 0 Å². The Balaban J connectivity index is 1.48. The molecule has 0 radical (unpaired) electrons. The first-order valence-corrected chi connectivity index (χ1v) is 11.4. The van der Waals surface area contributed by atoms with Gasteiger partial charge in [0.15, 0.2) is 0 Å². The molecule has 0 aromatic heterocycles. The molecule has 0 aromatic carbocycles. The average molecular weight is 378 g/mol. The van der Waals surface area contributed by atoms with Crippen LogP contribution in [0.1, 0.15) is 6.92 Å². The highest BCUT2D eigenvalue weighted by atomic mass is 32.3. The summed E-state index contributed by atoms with van der Waals surface area (Å²) in [4.78, 5) is 5.72. The normalized spacial score (nSPS) is 29.6. The van der Waals surface area contributed by atoms with Crippen LogP contribution in [0.25, 0.3) is 0 Å². The largest absolute Gasteiger partial charge is 0.475 e. The minimum absolute atomic E-state index is 0.296. The Labute approximate surface area is 143 Å². The lowest BCUT2D eigenvalue weighted by atomic mass is 10.4. The van der Waals surface area contributed by atoms with Gasteiger partial charge in [-0.25, -0.2) is 4.99 Å². The summed E-state index contributed by atoms with van der Waals surface area (Å²) in [7, 11) is 0. The van der Waals surface area contributed by atoms with Crippen LogP contribution in [0, 0.1) is 0 Å². The number of nitrogens with zero attached hydrogens (tertiary/aromatic N) is 1. The van der Waals surface area contributed by atoms with Crippen LogP contribution in [-0.2, 0) is 4.74 Å². The summed E-state index contributed by atoms with van der Waals surface area (Å²) in [5, 5.41) is 2.18. The molecule has 8 heteroatoms. The Morgan fingerprint density at radius 2 is 1.80 bits per heavy atom. The van der Waals surface area contributed by atoms with Crippen LogP contribution >= 0.6 is 70.6 Å². The maximum Gasteiger partial charge on any atom is 0.224 e. The van der Waals surface area contributed by atoms with E-state index in [0.29, 0.717) is 6.04 Å². The molecule has 0 aromatic rings. The molecular weight excluding hydrogens is 367 g/mol. The highest BCUT2D eigenvalue weighted by Crippen LogP contribution is 2.63. The van der Waals surface area contributed by atoms with Gasteiger partial charge >= 0.3 is 0 Å². The van der Waals surface area contributed by atoms with E-state index >= 15 is 0 Å². The van der Waals surface area contributed by atoms with Crippen molar-refractivity contribution in [1.29, 1.82) is 0 Å². The van der Waals surface area contributed by atoms with Crippen LogP contribution in [-0.4, -0.2) is 30.1 Å². The SMILES string of the molecule is C[C@H]1COC(C2=CSC(=C3SC4=C(SCCS4)S3)S2)=N1. The van der Waals surface area contributed by atoms with E-state index in [-0.39, 0.29) is 0 Å². The fourth-order valence-electron chi connectivity index (χ4n) is 1.85. The maximum atomic E-state index is 5.65. The van der Waals surface area contributed by atoms with E-state index in [1.807, 2.05) is 70.6 Å². The van der Waals surface area contributed by atoms with Crippen molar-refractivity contribution in [3.05, 3.63) is 27.3 Å². The second kappa shape index (κ2) is 6.12. The zero-order chi connectivity index (χ0) is 13.5. The molecule has 4 aliphatic rings. The van der Waals surface area contributed by atoms with Gasteiger partial charge in [-0.2, -0.15) is 0 Å². The average Bonchev–Trinajstić information content (AvgIpc) is 3.16. The van der Waals surface area contributed by atoms with Gasteiger partial charge in [-0.1, -0.05) is 47.0 Å². The predicted octanol–water partition coefficient (Wildman–Crippen LogP) is 5.34. The predicted molar refractivity (Wildman–Crippen MR) is 100 cm³/mol. The van der Waals surface area contributed by atoms with Crippen molar-refractivity contribution < 1.29 is 4.74 Å². The number of hydrogen-bond acceptors (Lipinski definition) is 8. The molecule has 1 atom stereocenters. The van der Waals surface area contributed by atoms with Gasteiger partial charge in [0.05, 0.1) is 27.9 Å². The Morgan fingerprint density at radius 1 is 1.05 bits per heavy atom. The van der Waals surface area contributed by atoms with Crippen molar-refractivity contribution in [3.8, 4) is 0 Å². The molecule has 4 aliphatic heterocycles. The van der Waals surface area contributed by atoms with Crippen LogP contribution in [0.2, 0.25) is 0 Å². The summed E-state index contributed by atoms with van der Waals surface area (Å²) in [5.41, 5.74) is 0. The van der Waals surface area contributed by atoms with E-state index in [1.54, 1.807) is 0 Å². The number of ether oxygens (including phenoxy) is 1. The summed E-state index contributed by atoms with van der Waals surface area (Å²) in [6.45, 7) is 2.81. The van der Waals surface area contributed by atoms with Gasteiger partial charge < -0.3 is 4.74 Å². The number of aliphatic imine (C=N–C) groups is 1. The standard InChI is InChI=1S/C12H11NOS6/c1-6-4-14-8(13-6)7-5-17-11(18-7)12-19-9-10(20-12)16-3-2-15-9/h5-6H,2-4H2,1H3/t6-/m0/s1. The van der Waals surface area contributed by atoms with Crippen LogP contribution in [0.3, 0.4) is 0 Å². The lowest BCUT2D eigenvalue weighted by Crippen LogP contribution is -2.00. The first-order chi connectivity index (χ1) is 9.79. The van der Waals surface area contributed by atoms with Crippen molar-refractivity contribution in [2.75, 3.05) is 18.1 Å². The third-order valence-corrected chi connectivity index (χ3v) is 11.4. The molecule has 4 heterocycles. The Hall–Kier alpha value is 0.790. The van der Waals surface area contributed by atoms with Crippen LogP contribution in [0.15, 0.2) is 32.3 Å². The second-order valence-electron chi connectivity index (χ2n) is 4.35. The first kappa shape index (κ1) is 14.4. The van der Waals surface area contributed by atoms with Crippen LogP contribution < -0.4 is 0 Å². The van der Waals surface area contributed by atoms with E-state index in [9.17, 15) is 0 Å². The minimum Gasteiger partial charge on any atom is -0.475 e. The van der Waals surface area contributed by atoms with E-state index in [1.165, 1.54) is 33.4 Å².